The standard InChI is InChI=1S/C24H34N2O5S/c1-2-32(28,29)18-15-19(23-22(16-18)30-12-7-13-31-23)24(27)26-21(20-10-6-11-25-20)14-17-8-4-3-5-9-17/h8,15-16,20-21,25H,2-7,9-14H2,1H3,(H,26,27). The van der Waals surface area contributed by atoms with Crippen molar-refractivity contribution in [3.63, 3.8) is 0 Å². The van der Waals surface area contributed by atoms with Crippen molar-refractivity contribution >= 4 is 15.7 Å². The third-order valence-electron chi connectivity index (χ3n) is 6.57. The molecule has 2 aliphatic heterocycles. The monoisotopic (exact) mass is 462 g/mol. The van der Waals surface area contributed by atoms with Gasteiger partial charge in [-0.25, -0.2) is 8.42 Å². The molecule has 1 amide bonds. The molecule has 0 radical (unpaired) electrons. The van der Waals surface area contributed by atoms with Crippen LogP contribution in [-0.2, 0) is 9.84 Å². The number of allylic oxidation sites excluding steroid dienone is 1. The summed E-state index contributed by atoms with van der Waals surface area (Å²) in [6, 6.07) is 3.09. The number of ether oxygens (including phenoxy) is 2. The minimum absolute atomic E-state index is 0.0452. The lowest BCUT2D eigenvalue weighted by atomic mass is 9.91. The van der Waals surface area contributed by atoms with E-state index in [1.54, 1.807) is 6.92 Å². The molecular formula is C24H34N2O5S. The van der Waals surface area contributed by atoms with E-state index in [2.05, 4.69) is 16.7 Å². The Morgan fingerprint density at radius 2 is 2.03 bits per heavy atom. The fraction of sp³-hybridized carbons (Fsp3) is 0.625. The van der Waals surface area contributed by atoms with Crippen molar-refractivity contribution in [1.29, 1.82) is 0 Å². The first-order valence-corrected chi connectivity index (χ1v) is 13.5. The Balaban J connectivity index is 1.65. The maximum atomic E-state index is 13.5. The predicted octanol–water partition coefficient (Wildman–Crippen LogP) is 3.38. The Morgan fingerprint density at radius 3 is 2.75 bits per heavy atom. The summed E-state index contributed by atoms with van der Waals surface area (Å²) < 4.78 is 36.8. The molecule has 8 heteroatoms. The van der Waals surface area contributed by atoms with E-state index in [1.165, 1.54) is 30.5 Å². The highest BCUT2D eigenvalue weighted by molar-refractivity contribution is 7.91. The van der Waals surface area contributed by atoms with Gasteiger partial charge in [-0.15, -0.1) is 0 Å². The number of amides is 1. The van der Waals surface area contributed by atoms with Crippen LogP contribution in [-0.4, -0.2) is 51.9 Å². The van der Waals surface area contributed by atoms with Crippen molar-refractivity contribution in [3.05, 3.63) is 29.3 Å². The van der Waals surface area contributed by atoms with Crippen LogP contribution in [0.15, 0.2) is 28.7 Å². The first-order chi connectivity index (χ1) is 15.5. The second-order valence-electron chi connectivity index (χ2n) is 8.85. The lowest BCUT2D eigenvalue weighted by Crippen LogP contribution is -2.47. The number of carbonyl (C=O) groups is 1. The lowest BCUT2D eigenvalue weighted by Gasteiger charge is -2.28. The van der Waals surface area contributed by atoms with Gasteiger partial charge in [0.25, 0.3) is 5.91 Å². The molecule has 0 aromatic heterocycles. The fourth-order valence-electron chi connectivity index (χ4n) is 4.73. The molecular weight excluding hydrogens is 428 g/mol. The highest BCUT2D eigenvalue weighted by Gasteiger charge is 2.30. The number of hydrogen-bond acceptors (Lipinski definition) is 6. The lowest BCUT2D eigenvalue weighted by molar-refractivity contribution is 0.0924. The van der Waals surface area contributed by atoms with Crippen molar-refractivity contribution < 1.29 is 22.7 Å². The fourth-order valence-corrected chi connectivity index (χ4v) is 5.65. The van der Waals surface area contributed by atoms with Gasteiger partial charge in [0.1, 0.15) is 0 Å². The Labute approximate surface area is 190 Å². The van der Waals surface area contributed by atoms with Crippen LogP contribution in [0.3, 0.4) is 0 Å². The normalized spacial score (nSPS) is 22.0. The second kappa shape index (κ2) is 10.3. The van der Waals surface area contributed by atoms with Crippen molar-refractivity contribution in [1.82, 2.24) is 10.6 Å². The van der Waals surface area contributed by atoms with E-state index in [-0.39, 0.29) is 34.2 Å². The summed E-state index contributed by atoms with van der Waals surface area (Å²) >= 11 is 0. The molecule has 0 bridgehead atoms. The molecule has 176 valence electrons. The zero-order valence-electron chi connectivity index (χ0n) is 18.8. The van der Waals surface area contributed by atoms with Crippen molar-refractivity contribution in [3.8, 4) is 11.5 Å². The van der Waals surface area contributed by atoms with Crippen LogP contribution in [0.1, 0.15) is 68.6 Å². The van der Waals surface area contributed by atoms with Gasteiger partial charge in [0, 0.05) is 24.6 Å². The van der Waals surface area contributed by atoms with Gasteiger partial charge in [-0.05, 0) is 57.6 Å². The molecule has 1 aromatic carbocycles. The topological polar surface area (TPSA) is 93.7 Å². The van der Waals surface area contributed by atoms with Crippen molar-refractivity contribution in [2.24, 2.45) is 0 Å². The average Bonchev–Trinajstić information content (AvgIpc) is 3.24. The number of fused-ring (bicyclic) bond motifs is 1. The summed E-state index contributed by atoms with van der Waals surface area (Å²) in [6.07, 6.45) is 10.5. The summed E-state index contributed by atoms with van der Waals surface area (Å²) in [5, 5.41) is 6.74. The van der Waals surface area contributed by atoms with Gasteiger partial charge in [0.15, 0.2) is 21.3 Å². The number of sulfone groups is 1. The van der Waals surface area contributed by atoms with Gasteiger partial charge in [-0.1, -0.05) is 18.6 Å². The largest absolute Gasteiger partial charge is 0.489 e. The second-order valence-corrected chi connectivity index (χ2v) is 11.1. The number of hydrogen-bond donors (Lipinski definition) is 2. The van der Waals surface area contributed by atoms with E-state index in [9.17, 15) is 13.2 Å². The molecule has 3 aliphatic rings. The summed E-state index contributed by atoms with van der Waals surface area (Å²) in [5.41, 5.74) is 1.63. The van der Waals surface area contributed by atoms with Gasteiger partial charge < -0.3 is 20.1 Å². The zero-order chi connectivity index (χ0) is 22.6. The van der Waals surface area contributed by atoms with E-state index < -0.39 is 9.84 Å². The summed E-state index contributed by atoms with van der Waals surface area (Å²) in [4.78, 5) is 13.6. The molecule has 0 saturated carbocycles. The highest BCUT2D eigenvalue weighted by Crippen LogP contribution is 2.37. The molecule has 0 spiro atoms. The highest BCUT2D eigenvalue weighted by atomic mass is 32.2. The number of carbonyl (C=O) groups excluding carboxylic acids is 1. The number of benzene rings is 1. The zero-order valence-corrected chi connectivity index (χ0v) is 19.6. The van der Waals surface area contributed by atoms with Crippen molar-refractivity contribution in [2.75, 3.05) is 25.5 Å². The van der Waals surface area contributed by atoms with Crippen LogP contribution in [0.4, 0.5) is 0 Å². The number of nitrogens with one attached hydrogen (secondary N) is 2. The van der Waals surface area contributed by atoms with Gasteiger partial charge in [0.2, 0.25) is 0 Å². The van der Waals surface area contributed by atoms with Gasteiger partial charge >= 0.3 is 0 Å². The Hall–Kier alpha value is -2.06. The third kappa shape index (κ3) is 5.29. The third-order valence-corrected chi connectivity index (χ3v) is 8.29. The van der Waals surface area contributed by atoms with Crippen LogP contribution in [0.5, 0.6) is 11.5 Å². The minimum atomic E-state index is -3.50. The molecule has 1 saturated heterocycles. The molecule has 1 aliphatic carbocycles. The number of rotatable bonds is 7. The molecule has 7 nitrogen and oxygen atoms in total. The van der Waals surface area contributed by atoms with Crippen LogP contribution in [0, 0.1) is 0 Å². The van der Waals surface area contributed by atoms with E-state index in [1.807, 2.05) is 0 Å². The van der Waals surface area contributed by atoms with E-state index in [0.29, 0.717) is 31.1 Å². The molecule has 1 aromatic rings. The van der Waals surface area contributed by atoms with Crippen LogP contribution < -0.4 is 20.1 Å². The average molecular weight is 463 g/mol. The smallest absolute Gasteiger partial charge is 0.255 e. The Kier molecular flexibility index (Phi) is 7.40. The van der Waals surface area contributed by atoms with Crippen LogP contribution >= 0.6 is 0 Å². The molecule has 2 unspecified atom stereocenters. The van der Waals surface area contributed by atoms with Gasteiger partial charge in [-0.2, -0.15) is 0 Å². The molecule has 2 N–H and O–H groups in total. The molecule has 4 rings (SSSR count). The van der Waals surface area contributed by atoms with E-state index in [4.69, 9.17) is 9.47 Å². The summed E-state index contributed by atoms with van der Waals surface area (Å²) in [5.74, 6) is 0.309. The van der Waals surface area contributed by atoms with E-state index in [0.717, 1.165) is 38.6 Å². The first kappa shape index (κ1) is 23.1. The quantitative estimate of drug-likeness (QED) is 0.604. The Morgan fingerprint density at radius 1 is 1.19 bits per heavy atom. The first-order valence-electron chi connectivity index (χ1n) is 11.9. The van der Waals surface area contributed by atoms with Crippen molar-refractivity contribution in [2.45, 2.75) is 75.3 Å². The Bertz CT molecular complexity index is 967. The molecule has 32 heavy (non-hydrogen) atoms. The van der Waals surface area contributed by atoms with E-state index >= 15 is 0 Å². The SMILES string of the molecule is CCS(=O)(=O)c1cc2c(c(C(=O)NC(CC3=CCCCC3)C3CCCN3)c1)OCCCO2. The maximum Gasteiger partial charge on any atom is 0.255 e. The minimum Gasteiger partial charge on any atom is -0.489 e. The van der Waals surface area contributed by atoms with Crippen LogP contribution in [0.2, 0.25) is 0 Å². The summed E-state index contributed by atoms with van der Waals surface area (Å²) in [6.45, 7) is 3.39. The van der Waals surface area contributed by atoms with Crippen LogP contribution in [0.25, 0.3) is 0 Å². The van der Waals surface area contributed by atoms with Gasteiger partial charge in [-0.3, -0.25) is 4.79 Å². The molecule has 2 atom stereocenters. The molecule has 1 fully saturated rings. The predicted molar refractivity (Wildman–Crippen MR) is 123 cm³/mol. The maximum absolute atomic E-state index is 13.5. The van der Waals surface area contributed by atoms with Gasteiger partial charge in [0.05, 0.1) is 29.4 Å². The molecule has 2 heterocycles. The summed E-state index contributed by atoms with van der Waals surface area (Å²) in [7, 11) is -3.50.